The number of hydrogen-bond acceptors (Lipinski definition) is 7. The van der Waals surface area contributed by atoms with Crippen LogP contribution in [0.25, 0.3) is 0 Å². The lowest BCUT2D eigenvalue weighted by Gasteiger charge is -2.69. The molecule has 4 rings (SSSR count). The lowest BCUT2D eigenvalue weighted by molar-refractivity contribution is -0.239. The molecule has 4 aliphatic carbocycles. The molecule has 8 nitrogen and oxygen atoms in total. The minimum atomic E-state index is -0.485. The van der Waals surface area contributed by atoms with Crippen molar-refractivity contribution in [1.29, 1.82) is 0 Å². The summed E-state index contributed by atoms with van der Waals surface area (Å²) >= 11 is 0. The fourth-order valence-electron chi connectivity index (χ4n) is 11.5. The van der Waals surface area contributed by atoms with Gasteiger partial charge in [0.05, 0.1) is 12.2 Å². The molecule has 1 amide bonds. The van der Waals surface area contributed by atoms with Gasteiger partial charge in [0.25, 0.3) is 0 Å². The van der Waals surface area contributed by atoms with Crippen molar-refractivity contribution in [3.05, 3.63) is 0 Å². The Morgan fingerprint density at radius 3 is 2.31 bits per heavy atom. The van der Waals surface area contributed by atoms with Crippen LogP contribution in [0.2, 0.25) is 0 Å². The van der Waals surface area contributed by atoms with Crippen LogP contribution in [0.5, 0.6) is 0 Å². The molecule has 0 aromatic carbocycles. The molecule has 4 fully saturated rings. The summed E-state index contributed by atoms with van der Waals surface area (Å²) < 4.78 is 6.19. The molecule has 12 atom stereocenters. The number of fused-ring (bicyclic) bond motifs is 5. The Bertz CT molecular complexity index is 1010. The van der Waals surface area contributed by atoms with Crippen LogP contribution in [-0.4, -0.2) is 66.6 Å². The van der Waals surface area contributed by atoms with E-state index >= 15 is 0 Å². The number of esters is 1. The number of amides is 1. The van der Waals surface area contributed by atoms with Gasteiger partial charge >= 0.3 is 5.97 Å². The average molecular weight is 634 g/mol. The lowest BCUT2D eigenvalue weighted by atomic mass is 9.36. The lowest BCUT2D eigenvalue weighted by Crippen LogP contribution is -2.66. The number of aliphatic hydroxyl groups is 2. The SMILES string of the molecule is CC(=O)O[C@H]1C[C@@]2(C)C(C[C@@H](O)C3[C@@]4(C)CC[C@H](O)[C@@H](C)C4CC[C@@]32C)[C@@H]1[C@H](CCCC(C)C)C(=O)NCCCNCCCN. The number of carbonyl (C=O) groups excluding carboxylic acids is 2. The van der Waals surface area contributed by atoms with Gasteiger partial charge in [-0.15, -0.1) is 0 Å². The largest absolute Gasteiger partial charge is 0.462 e. The molecule has 6 N–H and O–H groups in total. The van der Waals surface area contributed by atoms with E-state index in [1.165, 1.54) is 6.92 Å². The van der Waals surface area contributed by atoms with E-state index in [1.54, 1.807) is 0 Å². The summed E-state index contributed by atoms with van der Waals surface area (Å²) in [6, 6.07) is 0. The number of carbonyl (C=O) groups is 2. The highest BCUT2D eigenvalue weighted by atomic mass is 16.5. The van der Waals surface area contributed by atoms with Gasteiger partial charge in [0.1, 0.15) is 6.10 Å². The standard InChI is InChI=1S/C37H67N3O5/c1-23(2)11-8-12-26(34(44)40-20-10-19-39-18-9-17-38)32-28-21-30(43)33-35(5)15-14-29(42)24(3)27(35)13-16-36(33,6)37(28,7)22-31(32)45-25(4)41/h23-24,26-33,39,42-43H,8-22,38H2,1-7H3,(H,40,44)/t24-,26-,27?,28?,29-,30+,31-,32-,33?,35-,36-,37-/m0/s1. The van der Waals surface area contributed by atoms with Crippen molar-refractivity contribution in [2.24, 2.45) is 63.4 Å². The quantitative estimate of drug-likeness (QED) is 0.134. The number of nitrogens with one attached hydrogen (secondary N) is 2. The van der Waals surface area contributed by atoms with Crippen molar-refractivity contribution >= 4 is 11.9 Å². The Kier molecular flexibility index (Phi) is 12.1. The van der Waals surface area contributed by atoms with Crippen molar-refractivity contribution in [3.8, 4) is 0 Å². The van der Waals surface area contributed by atoms with E-state index in [0.29, 0.717) is 31.3 Å². The fourth-order valence-corrected chi connectivity index (χ4v) is 11.5. The second-order valence-corrected chi connectivity index (χ2v) is 16.7. The smallest absolute Gasteiger partial charge is 0.302 e. The van der Waals surface area contributed by atoms with Crippen molar-refractivity contribution < 1.29 is 24.5 Å². The predicted molar refractivity (Wildman–Crippen MR) is 179 cm³/mol. The molecule has 0 spiro atoms. The van der Waals surface area contributed by atoms with Gasteiger partial charge in [0.2, 0.25) is 5.91 Å². The van der Waals surface area contributed by atoms with Crippen LogP contribution in [0.1, 0.15) is 119 Å². The van der Waals surface area contributed by atoms with Gasteiger partial charge in [0.15, 0.2) is 0 Å². The molecule has 4 saturated carbocycles. The first kappa shape index (κ1) is 36.6. The predicted octanol–water partition coefficient (Wildman–Crippen LogP) is 5.04. The summed E-state index contributed by atoms with van der Waals surface area (Å²) in [5, 5.41) is 29.7. The van der Waals surface area contributed by atoms with E-state index in [0.717, 1.165) is 77.3 Å². The molecule has 260 valence electrons. The van der Waals surface area contributed by atoms with Crippen LogP contribution in [0.15, 0.2) is 0 Å². The van der Waals surface area contributed by atoms with Crippen LogP contribution in [0.4, 0.5) is 0 Å². The van der Waals surface area contributed by atoms with E-state index in [1.807, 2.05) is 0 Å². The van der Waals surface area contributed by atoms with Crippen LogP contribution >= 0.6 is 0 Å². The van der Waals surface area contributed by atoms with E-state index in [4.69, 9.17) is 10.5 Å². The van der Waals surface area contributed by atoms with Crippen molar-refractivity contribution in [2.75, 3.05) is 26.2 Å². The number of nitrogens with two attached hydrogens (primary N) is 1. The molecule has 0 saturated heterocycles. The van der Waals surface area contributed by atoms with Crippen LogP contribution in [0.3, 0.4) is 0 Å². The molecular formula is C37H67N3O5. The molecule has 0 aromatic rings. The second kappa shape index (κ2) is 14.9. The average Bonchev–Trinajstić information content (AvgIpc) is 3.23. The fraction of sp³-hybridized carbons (Fsp3) is 0.946. The summed E-state index contributed by atoms with van der Waals surface area (Å²) in [6.45, 7) is 18.3. The van der Waals surface area contributed by atoms with Crippen molar-refractivity contribution in [3.63, 3.8) is 0 Å². The number of hydrogen-bond donors (Lipinski definition) is 5. The molecule has 0 aromatic heterocycles. The van der Waals surface area contributed by atoms with Gasteiger partial charge in [-0.1, -0.05) is 54.4 Å². The topological polar surface area (TPSA) is 134 Å². The second-order valence-electron chi connectivity index (χ2n) is 16.7. The Balaban J connectivity index is 1.64. The van der Waals surface area contributed by atoms with E-state index < -0.39 is 6.10 Å². The zero-order valence-corrected chi connectivity index (χ0v) is 29.6. The maximum absolute atomic E-state index is 14.1. The van der Waals surface area contributed by atoms with Crippen molar-refractivity contribution in [2.45, 2.75) is 137 Å². The zero-order chi connectivity index (χ0) is 33.2. The summed E-state index contributed by atoms with van der Waals surface area (Å²) in [4.78, 5) is 26.7. The maximum atomic E-state index is 14.1. The molecule has 45 heavy (non-hydrogen) atoms. The molecule has 8 heteroatoms. The number of rotatable bonds is 14. The minimum absolute atomic E-state index is 0.0553. The Morgan fingerprint density at radius 2 is 1.64 bits per heavy atom. The molecule has 0 heterocycles. The maximum Gasteiger partial charge on any atom is 0.302 e. The number of aliphatic hydroxyl groups excluding tert-OH is 2. The Morgan fingerprint density at radius 1 is 0.933 bits per heavy atom. The summed E-state index contributed by atoms with van der Waals surface area (Å²) in [7, 11) is 0. The van der Waals surface area contributed by atoms with E-state index in [2.05, 4.69) is 52.2 Å². The molecule has 4 aliphatic rings. The molecular weight excluding hydrogens is 566 g/mol. The van der Waals surface area contributed by atoms with Crippen LogP contribution in [-0.2, 0) is 14.3 Å². The van der Waals surface area contributed by atoms with Gasteiger partial charge in [-0.25, -0.2) is 0 Å². The molecule has 3 unspecified atom stereocenters. The number of ether oxygens (including phenoxy) is 1. The third kappa shape index (κ3) is 7.15. The summed E-state index contributed by atoms with van der Waals surface area (Å²) in [5.74, 6) is 0.734. The first-order chi connectivity index (χ1) is 21.2. The molecule has 0 radical (unpaired) electrons. The highest BCUT2D eigenvalue weighted by Crippen LogP contribution is 2.74. The highest BCUT2D eigenvalue weighted by molar-refractivity contribution is 5.79. The zero-order valence-electron chi connectivity index (χ0n) is 29.6. The van der Waals surface area contributed by atoms with Gasteiger partial charge in [-0.05, 0) is 123 Å². The van der Waals surface area contributed by atoms with Crippen LogP contribution in [0, 0.1) is 57.7 Å². The van der Waals surface area contributed by atoms with Gasteiger partial charge in [-0.3, -0.25) is 9.59 Å². The normalized spacial score (nSPS) is 41.6. The highest BCUT2D eigenvalue weighted by Gasteiger charge is 2.72. The van der Waals surface area contributed by atoms with Gasteiger partial charge < -0.3 is 31.3 Å². The van der Waals surface area contributed by atoms with Gasteiger partial charge in [-0.2, -0.15) is 0 Å². The monoisotopic (exact) mass is 634 g/mol. The Labute approximate surface area is 273 Å². The molecule has 0 aliphatic heterocycles. The first-order valence-electron chi connectivity index (χ1n) is 18.4. The third-order valence-corrected chi connectivity index (χ3v) is 13.8. The Hall–Kier alpha value is -1.22. The molecule has 0 bridgehead atoms. The summed E-state index contributed by atoms with van der Waals surface area (Å²) in [5.41, 5.74) is 5.20. The summed E-state index contributed by atoms with van der Waals surface area (Å²) in [6.07, 6.45) is 8.56. The first-order valence-corrected chi connectivity index (χ1v) is 18.4. The minimum Gasteiger partial charge on any atom is -0.462 e. The third-order valence-electron chi connectivity index (χ3n) is 13.8. The van der Waals surface area contributed by atoms with E-state index in [9.17, 15) is 19.8 Å². The van der Waals surface area contributed by atoms with Crippen LogP contribution < -0.4 is 16.4 Å². The van der Waals surface area contributed by atoms with Gasteiger partial charge in [0, 0.05) is 25.3 Å². The van der Waals surface area contributed by atoms with Crippen molar-refractivity contribution in [1.82, 2.24) is 10.6 Å². The van der Waals surface area contributed by atoms with E-state index in [-0.39, 0.29) is 69.9 Å².